The van der Waals surface area contributed by atoms with Crippen molar-refractivity contribution in [3.05, 3.63) is 71.3 Å². The van der Waals surface area contributed by atoms with Crippen LogP contribution < -0.4 is 0 Å². The first-order valence-electron chi connectivity index (χ1n) is 7.11. The molecule has 2 aromatic rings. The predicted octanol–water partition coefficient (Wildman–Crippen LogP) is 2.63. The average Bonchev–Trinajstić information content (AvgIpc) is 2.53. The first-order chi connectivity index (χ1) is 11.6. The second kappa shape index (κ2) is 7.26. The van der Waals surface area contributed by atoms with Gasteiger partial charge in [-0.25, -0.2) is 8.78 Å². The van der Waals surface area contributed by atoms with Gasteiger partial charge in [0.1, 0.15) is 17.7 Å². The normalized spacial score (nSPS) is 13.2. The van der Waals surface area contributed by atoms with Crippen molar-refractivity contribution in [1.82, 2.24) is 4.31 Å². The molecule has 0 heterocycles. The quantitative estimate of drug-likeness (QED) is 0.761. The fourth-order valence-corrected chi connectivity index (χ4v) is 3.44. The molecular weight excluding hydrogens is 356 g/mol. The van der Waals surface area contributed by atoms with Gasteiger partial charge in [0.15, 0.2) is 0 Å². The van der Waals surface area contributed by atoms with Crippen molar-refractivity contribution in [1.29, 1.82) is 0 Å². The van der Waals surface area contributed by atoms with E-state index in [2.05, 4.69) is 0 Å². The zero-order valence-corrected chi connectivity index (χ0v) is 13.8. The van der Waals surface area contributed by atoms with Gasteiger partial charge in [-0.1, -0.05) is 24.3 Å². The molecule has 0 aromatic heterocycles. The molecule has 134 valence electrons. The van der Waals surface area contributed by atoms with Crippen molar-refractivity contribution >= 4 is 16.3 Å². The number of carboxylic acids is 1. The van der Waals surface area contributed by atoms with E-state index in [9.17, 15) is 31.7 Å². The summed E-state index contributed by atoms with van der Waals surface area (Å²) in [5, 5.41) is 9.21. The maximum absolute atomic E-state index is 13.2. The number of carboxylic acid groups (broad SMARTS) is 1. The molecule has 2 rings (SSSR count). The molecule has 2 aromatic carbocycles. The minimum Gasteiger partial charge on any atom is -0.480 e. The van der Waals surface area contributed by atoms with Crippen molar-refractivity contribution in [3.8, 4) is 0 Å². The molecule has 0 unspecified atom stereocenters. The van der Waals surface area contributed by atoms with Gasteiger partial charge in [0.2, 0.25) is 0 Å². The molecule has 0 saturated carbocycles. The maximum Gasteiger partial charge on any atom is 0.337 e. The fraction of sp³-hybridized carbons (Fsp3) is 0.188. The van der Waals surface area contributed by atoms with Crippen LogP contribution in [0.2, 0.25) is 0 Å². The van der Waals surface area contributed by atoms with Crippen LogP contribution in [-0.2, 0) is 15.1 Å². The van der Waals surface area contributed by atoms with Crippen LogP contribution in [0, 0.1) is 11.6 Å². The van der Waals surface area contributed by atoms with Gasteiger partial charge >= 0.3 is 16.3 Å². The van der Waals surface area contributed by atoms with Gasteiger partial charge in [-0.05, 0) is 42.3 Å². The molecule has 9 heteroatoms. The lowest BCUT2D eigenvalue weighted by Gasteiger charge is -2.32. The highest BCUT2D eigenvalue weighted by atomic mass is 32.2. The number of hydrogen-bond donors (Lipinski definition) is 2. The third-order valence-electron chi connectivity index (χ3n) is 3.63. The minimum absolute atomic E-state index is 0.207. The molecule has 0 aliphatic rings. The van der Waals surface area contributed by atoms with Crippen LogP contribution in [0.15, 0.2) is 48.5 Å². The highest BCUT2D eigenvalue weighted by molar-refractivity contribution is 7.83. The lowest BCUT2D eigenvalue weighted by Crippen LogP contribution is -2.45. The Bertz CT molecular complexity index is 808. The number of halogens is 2. The first-order valence-corrected chi connectivity index (χ1v) is 8.50. The van der Waals surface area contributed by atoms with E-state index < -0.39 is 40.0 Å². The Morgan fingerprint density at radius 2 is 1.32 bits per heavy atom. The number of hydrogen-bond acceptors (Lipinski definition) is 3. The summed E-state index contributed by atoms with van der Waals surface area (Å²) in [6.07, 6.45) is 0. The summed E-state index contributed by atoms with van der Waals surface area (Å²) < 4.78 is 60.1. The van der Waals surface area contributed by atoms with Crippen LogP contribution in [-0.4, -0.2) is 34.4 Å². The Labute approximate surface area is 143 Å². The zero-order chi connectivity index (χ0) is 18.8. The molecule has 0 amide bonds. The van der Waals surface area contributed by atoms with E-state index in [1.54, 1.807) is 0 Å². The average molecular weight is 371 g/mol. The Kier molecular flexibility index (Phi) is 5.51. The lowest BCUT2D eigenvalue weighted by atomic mass is 9.97. The van der Waals surface area contributed by atoms with Crippen molar-refractivity contribution in [2.45, 2.75) is 19.0 Å². The van der Waals surface area contributed by atoms with Crippen LogP contribution in [0.4, 0.5) is 8.78 Å². The summed E-state index contributed by atoms with van der Waals surface area (Å²) in [5.74, 6) is -2.65. The zero-order valence-electron chi connectivity index (χ0n) is 13.0. The van der Waals surface area contributed by atoms with Crippen LogP contribution in [0.3, 0.4) is 0 Å². The topological polar surface area (TPSA) is 94.9 Å². The molecule has 0 fully saturated rings. The fourth-order valence-electron chi connectivity index (χ4n) is 2.44. The minimum atomic E-state index is -4.96. The largest absolute Gasteiger partial charge is 0.480 e. The summed E-state index contributed by atoms with van der Waals surface area (Å²) in [6.45, 7) is 1.08. The molecule has 1 atom stereocenters. The first kappa shape index (κ1) is 19.0. The second-order valence-electron chi connectivity index (χ2n) is 5.33. The van der Waals surface area contributed by atoms with Gasteiger partial charge in [0.25, 0.3) is 0 Å². The van der Waals surface area contributed by atoms with Gasteiger partial charge in [-0.3, -0.25) is 9.35 Å². The van der Waals surface area contributed by atoms with E-state index in [0.29, 0.717) is 4.31 Å². The second-order valence-corrected chi connectivity index (χ2v) is 6.64. The van der Waals surface area contributed by atoms with Crippen LogP contribution in [0.25, 0.3) is 0 Å². The Hall–Kier alpha value is -2.36. The Balaban J connectivity index is 2.69. The maximum atomic E-state index is 13.2. The molecule has 0 radical (unpaired) electrons. The molecule has 0 spiro atoms. The molecule has 6 nitrogen and oxygen atoms in total. The summed E-state index contributed by atoms with van der Waals surface area (Å²) >= 11 is 0. The van der Waals surface area contributed by atoms with Crippen molar-refractivity contribution in [2.24, 2.45) is 0 Å². The Morgan fingerprint density at radius 3 is 1.60 bits per heavy atom. The van der Waals surface area contributed by atoms with Gasteiger partial charge in [-0.2, -0.15) is 12.7 Å². The summed E-state index contributed by atoms with van der Waals surface area (Å²) in [4.78, 5) is 11.3. The van der Waals surface area contributed by atoms with Crippen molar-refractivity contribution in [2.75, 3.05) is 0 Å². The third kappa shape index (κ3) is 4.38. The van der Waals surface area contributed by atoms with E-state index in [-0.39, 0.29) is 11.1 Å². The molecule has 0 aliphatic heterocycles. The van der Waals surface area contributed by atoms with Crippen LogP contribution in [0.1, 0.15) is 24.1 Å². The lowest BCUT2D eigenvalue weighted by molar-refractivity contribution is -0.141. The molecular formula is C16H15F2NO5S. The van der Waals surface area contributed by atoms with Crippen molar-refractivity contribution < 1.29 is 31.7 Å². The smallest absolute Gasteiger partial charge is 0.337 e. The standard InChI is InChI=1S/C16H15F2NO5S/c1-10(16(20)21)19(25(22,23)24)15(11-2-6-13(17)7-3-11)12-4-8-14(18)9-5-12/h2-10,15H,1H3,(H,20,21)(H,22,23,24)/t10-/m0/s1. The number of nitrogens with zero attached hydrogens (tertiary/aromatic N) is 1. The van der Waals surface area contributed by atoms with Gasteiger partial charge in [0.05, 0.1) is 6.04 Å². The highest BCUT2D eigenvalue weighted by Crippen LogP contribution is 2.32. The molecule has 0 aliphatic carbocycles. The van der Waals surface area contributed by atoms with E-state index in [1.165, 1.54) is 24.3 Å². The summed E-state index contributed by atoms with van der Waals surface area (Å²) in [6, 6.07) is 6.40. The summed E-state index contributed by atoms with van der Waals surface area (Å²) in [5.41, 5.74) is 0.414. The van der Waals surface area contributed by atoms with Gasteiger partial charge in [0, 0.05) is 0 Å². The van der Waals surface area contributed by atoms with Gasteiger partial charge in [-0.15, -0.1) is 0 Å². The highest BCUT2D eigenvalue weighted by Gasteiger charge is 2.38. The Morgan fingerprint density at radius 1 is 0.960 bits per heavy atom. The molecule has 2 N–H and O–H groups in total. The van der Waals surface area contributed by atoms with Crippen LogP contribution >= 0.6 is 0 Å². The molecule has 0 saturated heterocycles. The number of aliphatic carboxylic acids is 1. The number of carbonyl (C=O) groups is 1. The number of benzene rings is 2. The van der Waals surface area contributed by atoms with Gasteiger partial charge < -0.3 is 5.11 Å². The third-order valence-corrected chi connectivity index (χ3v) is 4.69. The SMILES string of the molecule is C[C@@H](C(=O)O)N(C(c1ccc(F)cc1)c1ccc(F)cc1)S(=O)(=O)O. The van der Waals surface area contributed by atoms with E-state index >= 15 is 0 Å². The van der Waals surface area contributed by atoms with E-state index in [1.807, 2.05) is 0 Å². The van der Waals surface area contributed by atoms with E-state index in [0.717, 1.165) is 31.2 Å². The van der Waals surface area contributed by atoms with Crippen molar-refractivity contribution in [3.63, 3.8) is 0 Å². The predicted molar refractivity (Wildman–Crippen MR) is 85.1 cm³/mol. The molecule has 25 heavy (non-hydrogen) atoms. The summed E-state index contributed by atoms with van der Waals surface area (Å²) in [7, 11) is -4.96. The number of rotatable bonds is 6. The molecule has 0 bridgehead atoms. The van der Waals surface area contributed by atoms with E-state index in [4.69, 9.17) is 0 Å². The van der Waals surface area contributed by atoms with Crippen LogP contribution in [0.5, 0.6) is 0 Å². The monoisotopic (exact) mass is 371 g/mol.